The first-order chi connectivity index (χ1) is 7.96. The molecular weight excluding hydrogens is 296 g/mol. The van der Waals surface area contributed by atoms with Crippen molar-refractivity contribution in [3.63, 3.8) is 0 Å². The van der Waals surface area contributed by atoms with E-state index in [1.807, 2.05) is 0 Å². The Morgan fingerprint density at radius 1 is 1.47 bits per heavy atom. The number of nitrogens with two attached hydrogens (primary N) is 1. The van der Waals surface area contributed by atoms with Crippen LogP contribution in [-0.4, -0.2) is 24.5 Å². The first-order valence-corrected chi connectivity index (χ1v) is 7.79. The van der Waals surface area contributed by atoms with Crippen LogP contribution in [0.1, 0.15) is 32.8 Å². The topological polar surface area (TPSA) is 29.3 Å². The molecule has 2 nitrogen and oxygen atoms in total. The van der Waals surface area contributed by atoms with Crippen LogP contribution in [0.5, 0.6) is 0 Å². The number of nitrogens with zero attached hydrogens (tertiary/aromatic N) is 1. The fourth-order valence-corrected chi connectivity index (χ4v) is 3.09. The van der Waals surface area contributed by atoms with Crippen molar-refractivity contribution in [1.29, 1.82) is 0 Å². The van der Waals surface area contributed by atoms with Crippen molar-refractivity contribution in [2.45, 2.75) is 33.7 Å². The third-order valence-electron chi connectivity index (χ3n) is 2.77. The van der Waals surface area contributed by atoms with E-state index in [-0.39, 0.29) is 5.41 Å². The molecule has 0 fully saturated rings. The summed E-state index contributed by atoms with van der Waals surface area (Å²) in [5.41, 5.74) is 7.40. The second kappa shape index (κ2) is 6.88. The molecule has 0 radical (unpaired) electrons. The van der Waals surface area contributed by atoms with Crippen molar-refractivity contribution in [3.8, 4) is 0 Å². The monoisotopic (exact) mass is 318 g/mol. The van der Waals surface area contributed by atoms with Crippen molar-refractivity contribution in [3.05, 3.63) is 20.8 Å². The highest BCUT2D eigenvalue weighted by Gasteiger charge is 2.20. The Morgan fingerprint density at radius 2 is 2.18 bits per heavy atom. The zero-order valence-corrected chi connectivity index (χ0v) is 13.4. The summed E-state index contributed by atoms with van der Waals surface area (Å²) >= 11 is 5.27. The Kier molecular flexibility index (Phi) is 6.13. The highest BCUT2D eigenvalue weighted by molar-refractivity contribution is 9.11. The molecular formula is C13H23BrN2S. The maximum absolute atomic E-state index is 5.82. The number of hydrogen-bond acceptors (Lipinski definition) is 3. The van der Waals surface area contributed by atoms with Crippen LogP contribution in [0, 0.1) is 5.41 Å². The molecule has 98 valence electrons. The van der Waals surface area contributed by atoms with Crippen LogP contribution in [0.3, 0.4) is 0 Å². The molecule has 0 aliphatic heterocycles. The summed E-state index contributed by atoms with van der Waals surface area (Å²) < 4.78 is 1.21. The highest BCUT2D eigenvalue weighted by Crippen LogP contribution is 2.23. The van der Waals surface area contributed by atoms with Gasteiger partial charge in [0, 0.05) is 13.1 Å². The minimum Gasteiger partial charge on any atom is -0.330 e. The Labute approximate surface area is 117 Å². The van der Waals surface area contributed by atoms with Gasteiger partial charge in [0.25, 0.3) is 0 Å². The van der Waals surface area contributed by atoms with Gasteiger partial charge in [0.1, 0.15) is 0 Å². The van der Waals surface area contributed by atoms with Crippen LogP contribution in [0.2, 0.25) is 0 Å². The Morgan fingerprint density at radius 3 is 2.65 bits per heavy atom. The van der Waals surface area contributed by atoms with E-state index in [2.05, 4.69) is 53.0 Å². The Hall–Kier alpha value is 0.1000. The lowest BCUT2D eigenvalue weighted by atomic mass is 9.93. The van der Waals surface area contributed by atoms with Crippen molar-refractivity contribution in [1.82, 2.24) is 4.90 Å². The molecule has 0 amide bonds. The molecule has 0 saturated heterocycles. The molecule has 0 bridgehead atoms. The van der Waals surface area contributed by atoms with Gasteiger partial charge in [-0.1, -0.05) is 20.8 Å². The summed E-state index contributed by atoms with van der Waals surface area (Å²) in [4.78, 5) is 2.50. The minimum atomic E-state index is 0.197. The molecule has 0 spiro atoms. The number of hydrogen-bond donors (Lipinski definition) is 1. The molecule has 0 saturated carbocycles. The standard InChI is InChI=1S/C13H23BrN2S/c1-4-5-16(10-13(2,3)9-15)7-11-6-12(14)17-8-11/h6,8H,4-5,7,9-10,15H2,1-3H3. The lowest BCUT2D eigenvalue weighted by Crippen LogP contribution is -2.38. The van der Waals surface area contributed by atoms with Crippen molar-refractivity contribution < 1.29 is 0 Å². The summed E-state index contributed by atoms with van der Waals surface area (Å²) in [7, 11) is 0. The molecule has 0 aliphatic carbocycles. The third kappa shape index (κ3) is 5.51. The van der Waals surface area contributed by atoms with Gasteiger partial charge >= 0.3 is 0 Å². The predicted octanol–water partition coefficient (Wildman–Crippen LogP) is 3.71. The molecule has 0 aliphatic rings. The molecule has 1 heterocycles. The van der Waals surface area contributed by atoms with Gasteiger partial charge in [-0.2, -0.15) is 0 Å². The van der Waals surface area contributed by atoms with E-state index in [9.17, 15) is 0 Å². The molecule has 4 heteroatoms. The van der Waals surface area contributed by atoms with Crippen LogP contribution in [-0.2, 0) is 6.54 Å². The fourth-order valence-electron chi connectivity index (χ4n) is 1.89. The van der Waals surface area contributed by atoms with E-state index in [0.717, 1.165) is 26.2 Å². The van der Waals surface area contributed by atoms with Crippen LogP contribution < -0.4 is 5.73 Å². The quantitative estimate of drug-likeness (QED) is 0.830. The highest BCUT2D eigenvalue weighted by atomic mass is 79.9. The Balaban J connectivity index is 2.60. The molecule has 0 aromatic carbocycles. The van der Waals surface area contributed by atoms with Crippen molar-refractivity contribution in [2.24, 2.45) is 11.1 Å². The molecule has 1 rings (SSSR count). The van der Waals surface area contributed by atoms with Crippen LogP contribution in [0.4, 0.5) is 0 Å². The van der Waals surface area contributed by atoms with Gasteiger partial charge in [0.05, 0.1) is 3.79 Å². The molecule has 0 atom stereocenters. The average Bonchev–Trinajstić information content (AvgIpc) is 2.64. The van der Waals surface area contributed by atoms with Gasteiger partial charge in [0.2, 0.25) is 0 Å². The van der Waals surface area contributed by atoms with Crippen LogP contribution >= 0.6 is 27.3 Å². The summed E-state index contributed by atoms with van der Waals surface area (Å²) in [5.74, 6) is 0. The maximum atomic E-state index is 5.82. The SMILES string of the molecule is CCCN(Cc1csc(Br)c1)CC(C)(C)CN. The third-order valence-corrected chi connectivity index (χ3v) is 4.33. The first kappa shape index (κ1) is 15.2. The summed E-state index contributed by atoms with van der Waals surface area (Å²) in [5, 5.41) is 2.22. The van der Waals surface area contributed by atoms with Crippen molar-refractivity contribution in [2.75, 3.05) is 19.6 Å². The van der Waals surface area contributed by atoms with E-state index in [1.165, 1.54) is 15.8 Å². The number of thiophene rings is 1. The van der Waals surface area contributed by atoms with E-state index in [0.29, 0.717) is 0 Å². The molecule has 0 unspecified atom stereocenters. The normalized spacial score (nSPS) is 12.4. The van der Waals surface area contributed by atoms with Gasteiger partial charge in [-0.25, -0.2) is 0 Å². The van der Waals surface area contributed by atoms with E-state index in [4.69, 9.17) is 5.73 Å². The predicted molar refractivity (Wildman–Crippen MR) is 80.4 cm³/mol. The molecule has 17 heavy (non-hydrogen) atoms. The number of halogens is 1. The zero-order valence-electron chi connectivity index (χ0n) is 11.0. The lowest BCUT2D eigenvalue weighted by molar-refractivity contribution is 0.176. The first-order valence-electron chi connectivity index (χ1n) is 6.12. The van der Waals surface area contributed by atoms with Gasteiger partial charge in [-0.15, -0.1) is 11.3 Å². The molecule has 2 N–H and O–H groups in total. The van der Waals surface area contributed by atoms with Crippen LogP contribution in [0.15, 0.2) is 15.2 Å². The summed E-state index contributed by atoms with van der Waals surface area (Å²) in [6.45, 7) is 10.7. The van der Waals surface area contributed by atoms with E-state index in [1.54, 1.807) is 11.3 Å². The summed E-state index contributed by atoms with van der Waals surface area (Å²) in [6, 6.07) is 2.21. The second-order valence-electron chi connectivity index (χ2n) is 5.34. The number of rotatable bonds is 7. The van der Waals surface area contributed by atoms with Crippen LogP contribution in [0.25, 0.3) is 0 Å². The van der Waals surface area contributed by atoms with Gasteiger partial charge in [0.15, 0.2) is 0 Å². The Bertz CT molecular complexity index is 336. The average molecular weight is 319 g/mol. The van der Waals surface area contributed by atoms with E-state index >= 15 is 0 Å². The molecule has 1 aromatic heterocycles. The second-order valence-corrected chi connectivity index (χ2v) is 7.63. The lowest BCUT2D eigenvalue weighted by Gasteiger charge is -2.31. The van der Waals surface area contributed by atoms with Gasteiger partial charge in [-0.05, 0) is 57.9 Å². The smallest absolute Gasteiger partial charge is 0.0701 e. The van der Waals surface area contributed by atoms with Crippen molar-refractivity contribution >= 4 is 27.3 Å². The van der Waals surface area contributed by atoms with Gasteiger partial charge in [-0.3, -0.25) is 4.90 Å². The molecule has 1 aromatic rings. The van der Waals surface area contributed by atoms with E-state index < -0.39 is 0 Å². The largest absolute Gasteiger partial charge is 0.330 e. The fraction of sp³-hybridized carbons (Fsp3) is 0.692. The van der Waals surface area contributed by atoms with Gasteiger partial charge < -0.3 is 5.73 Å². The summed E-state index contributed by atoms with van der Waals surface area (Å²) in [6.07, 6.45) is 1.19. The zero-order chi connectivity index (χ0) is 12.9. The minimum absolute atomic E-state index is 0.197. The maximum Gasteiger partial charge on any atom is 0.0701 e.